The number of nitrogens with one attached hydrogen (secondary N) is 3. The second kappa shape index (κ2) is 6.51. The molecule has 0 saturated heterocycles. The number of rotatable bonds is 4. The van der Waals surface area contributed by atoms with Gasteiger partial charge in [0, 0.05) is 22.6 Å². The number of anilines is 2. The third-order valence-electron chi connectivity index (χ3n) is 4.41. The average molecular weight is 350 g/mol. The van der Waals surface area contributed by atoms with Crippen LogP contribution < -0.4 is 10.6 Å². The first-order chi connectivity index (χ1) is 12.6. The lowest BCUT2D eigenvalue weighted by Crippen LogP contribution is -2.14. The van der Waals surface area contributed by atoms with Crippen molar-refractivity contribution >= 4 is 23.2 Å². The van der Waals surface area contributed by atoms with E-state index in [2.05, 4.69) is 20.8 Å². The van der Waals surface area contributed by atoms with Gasteiger partial charge in [-0.1, -0.05) is 0 Å². The van der Waals surface area contributed by atoms with E-state index < -0.39 is 0 Å². The molecule has 0 saturated carbocycles. The highest BCUT2D eigenvalue weighted by molar-refractivity contribution is 6.05. The molecule has 1 aliphatic rings. The molecule has 132 valence electrons. The van der Waals surface area contributed by atoms with Gasteiger partial charge in [-0.3, -0.25) is 14.7 Å². The third kappa shape index (κ3) is 3.11. The van der Waals surface area contributed by atoms with Crippen LogP contribution in [0.5, 0.6) is 0 Å². The first kappa shape index (κ1) is 16.1. The van der Waals surface area contributed by atoms with Crippen LogP contribution in [-0.4, -0.2) is 22.0 Å². The Morgan fingerprint density at radius 1 is 1.08 bits per heavy atom. The second-order valence-electron chi connectivity index (χ2n) is 6.31. The van der Waals surface area contributed by atoms with Gasteiger partial charge in [0.15, 0.2) is 5.69 Å². The smallest absolute Gasteiger partial charge is 0.276 e. The number of amides is 2. The van der Waals surface area contributed by atoms with Crippen LogP contribution in [0, 0.1) is 6.92 Å². The van der Waals surface area contributed by atoms with E-state index in [4.69, 9.17) is 4.42 Å². The van der Waals surface area contributed by atoms with E-state index in [1.165, 1.54) is 6.26 Å². The Morgan fingerprint density at radius 3 is 2.42 bits per heavy atom. The average Bonchev–Trinajstić information content (AvgIpc) is 3.32. The van der Waals surface area contributed by atoms with Crippen LogP contribution in [-0.2, 0) is 12.8 Å². The Bertz CT molecular complexity index is 969. The molecule has 4 rings (SSSR count). The standard InChI is InChI=1S/C19H18N4O3/c1-11-9-12(10-26-11)18(24)20-13-5-7-14(8-6-13)21-19(25)17-15-3-2-4-16(15)22-23-17/h5-10H,2-4H2,1H3,(H,20,24)(H,21,25)(H,22,23). The Balaban J connectivity index is 1.41. The fourth-order valence-corrected chi connectivity index (χ4v) is 3.10. The molecule has 0 bridgehead atoms. The van der Waals surface area contributed by atoms with Gasteiger partial charge in [0.05, 0.1) is 5.56 Å². The lowest BCUT2D eigenvalue weighted by molar-refractivity contribution is 0.101. The van der Waals surface area contributed by atoms with Crippen LogP contribution in [0.2, 0.25) is 0 Å². The van der Waals surface area contributed by atoms with E-state index in [0.29, 0.717) is 28.4 Å². The van der Waals surface area contributed by atoms with Crippen LogP contribution in [0.1, 0.15) is 44.3 Å². The molecule has 7 heteroatoms. The molecule has 3 aromatic rings. The minimum absolute atomic E-state index is 0.227. The zero-order valence-corrected chi connectivity index (χ0v) is 14.3. The van der Waals surface area contributed by atoms with Crippen LogP contribution in [0.15, 0.2) is 41.0 Å². The van der Waals surface area contributed by atoms with E-state index >= 15 is 0 Å². The molecule has 3 N–H and O–H groups in total. The first-order valence-corrected chi connectivity index (χ1v) is 8.44. The van der Waals surface area contributed by atoms with Crippen LogP contribution in [0.4, 0.5) is 11.4 Å². The minimum Gasteiger partial charge on any atom is -0.469 e. The van der Waals surface area contributed by atoms with E-state index in [-0.39, 0.29) is 11.8 Å². The van der Waals surface area contributed by atoms with Gasteiger partial charge in [0.1, 0.15) is 12.0 Å². The van der Waals surface area contributed by atoms with Crippen molar-refractivity contribution in [1.29, 1.82) is 0 Å². The van der Waals surface area contributed by atoms with E-state index in [1.54, 1.807) is 37.3 Å². The molecule has 0 unspecified atom stereocenters. The van der Waals surface area contributed by atoms with Crippen molar-refractivity contribution in [1.82, 2.24) is 10.2 Å². The summed E-state index contributed by atoms with van der Waals surface area (Å²) in [6.45, 7) is 1.78. The zero-order valence-electron chi connectivity index (χ0n) is 14.3. The molecule has 0 atom stereocenters. The molecule has 2 amide bonds. The van der Waals surface area contributed by atoms with Crippen molar-refractivity contribution in [3.05, 3.63) is 64.9 Å². The van der Waals surface area contributed by atoms with E-state index in [1.807, 2.05) is 0 Å². The number of hydrogen-bond donors (Lipinski definition) is 3. The number of nitrogens with zero attached hydrogens (tertiary/aromatic N) is 1. The minimum atomic E-state index is -0.245. The maximum atomic E-state index is 12.4. The number of carbonyl (C=O) groups excluding carboxylic acids is 2. The molecular weight excluding hydrogens is 332 g/mol. The predicted octanol–water partition coefficient (Wildman–Crippen LogP) is 3.30. The number of benzene rings is 1. The van der Waals surface area contributed by atoms with E-state index in [9.17, 15) is 9.59 Å². The van der Waals surface area contributed by atoms with Gasteiger partial charge in [0.25, 0.3) is 11.8 Å². The van der Waals surface area contributed by atoms with Crippen molar-refractivity contribution in [2.24, 2.45) is 0 Å². The number of aryl methyl sites for hydroxylation is 2. The summed E-state index contributed by atoms with van der Waals surface area (Å²) >= 11 is 0. The number of H-pyrrole nitrogens is 1. The lowest BCUT2D eigenvalue weighted by atomic mass is 10.2. The molecule has 0 fully saturated rings. The summed E-state index contributed by atoms with van der Waals surface area (Å²) in [5.41, 5.74) is 4.27. The fourth-order valence-electron chi connectivity index (χ4n) is 3.10. The molecule has 1 aromatic carbocycles. The summed E-state index contributed by atoms with van der Waals surface area (Å²) in [5, 5.41) is 12.7. The SMILES string of the molecule is Cc1cc(C(=O)Nc2ccc(NC(=O)c3n[nH]c4c3CCC4)cc2)co1. The zero-order chi connectivity index (χ0) is 18.1. The molecule has 0 spiro atoms. The quantitative estimate of drug-likeness (QED) is 0.672. The van der Waals surface area contributed by atoms with Crippen molar-refractivity contribution in [2.45, 2.75) is 26.2 Å². The van der Waals surface area contributed by atoms with Crippen molar-refractivity contribution in [2.75, 3.05) is 10.6 Å². The Kier molecular flexibility index (Phi) is 4.04. The van der Waals surface area contributed by atoms with Crippen molar-refractivity contribution in [3.63, 3.8) is 0 Å². The van der Waals surface area contributed by atoms with Crippen LogP contribution in [0.3, 0.4) is 0 Å². The largest absolute Gasteiger partial charge is 0.469 e. The molecule has 0 aliphatic heterocycles. The molecule has 26 heavy (non-hydrogen) atoms. The Hall–Kier alpha value is -3.35. The van der Waals surface area contributed by atoms with Gasteiger partial charge in [-0.25, -0.2) is 0 Å². The van der Waals surface area contributed by atoms with Crippen molar-refractivity contribution < 1.29 is 14.0 Å². The first-order valence-electron chi connectivity index (χ1n) is 8.44. The number of fused-ring (bicyclic) bond motifs is 1. The Labute approximate surface area is 149 Å². The topological polar surface area (TPSA) is 100 Å². The van der Waals surface area contributed by atoms with E-state index in [0.717, 1.165) is 30.5 Å². The molecule has 2 aromatic heterocycles. The van der Waals surface area contributed by atoms with Gasteiger partial charge in [0.2, 0.25) is 0 Å². The highest BCUT2D eigenvalue weighted by Crippen LogP contribution is 2.24. The predicted molar refractivity (Wildman–Crippen MR) is 96.4 cm³/mol. The van der Waals surface area contributed by atoms with Crippen LogP contribution in [0.25, 0.3) is 0 Å². The van der Waals surface area contributed by atoms with Gasteiger partial charge in [-0.05, 0) is 56.5 Å². The molecule has 0 radical (unpaired) electrons. The number of aromatic amines is 1. The normalized spacial score (nSPS) is 12.7. The molecule has 2 heterocycles. The second-order valence-corrected chi connectivity index (χ2v) is 6.31. The number of carbonyl (C=O) groups is 2. The lowest BCUT2D eigenvalue weighted by Gasteiger charge is -2.07. The third-order valence-corrected chi connectivity index (χ3v) is 4.41. The summed E-state index contributed by atoms with van der Waals surface area (Å²) in [4.78, 5) is 24.5. The summed E-state index contributed by atoms with van der Waals surface area (Å²) in [7, 11) is 0. The van der Waals surface area contributed by atoms with Gasteiger partial charge >= 0.3 is 0 Å². The molecule has 7 nitrogen and oxygen atoms in total. The van der Waals surface area contributed by atoms with Crippen LogP contribution >= 0.6 is 0 Å². The maximum Gasteiger partial charge on any atom is 0.276 e. The number of hydrogen-bond acceptors (Lipinski definition) is 4. The molecule has 1 aliphatic carbocycles. The fraction of sp³-hybridized carbons (Fsp3) is 0.211. The van der Waals surface area contributed by atoms with Crippen molar-refractivity contribution in [3.8, 4) is 0 Å². The number of aromatic nitrogens is 2. The summed E-state index contributed by atoms with van der Waals surface area (Å²) in [5.74, 6) is 0.207. The Morgan fingerprint density at radius 2 is 1.77 bits per heavy atom. The summed E-state index contributed by atoms with van der Waals surface area (Å²) in [6, 6.07) is 8.61. The summed E-state index contributed by atoms with van der Waals surface area (Å²) in [6.07, 6.45) is 4.30. The monoisotopic (exact) mass is 350 g/mol. The number of furan rings is 1. The van der Waals surface area contributed by atoms with Gasteiger partial charge in [-0.15, -0.1) is 0 Å². The maximum absolute atomic E-state index is 12.4. The van der Waals surface area contributed by atoms with Gasteiger partial charge in [-0.2, -0.15) is 5.10 Å². The summed E-state index contributed by atoms with van der Waals surface area (Å²) < 4.78 is 5.14. The highest BCUT2D eigenvalue weighted by atomic mass is 16.3. The highest BCUT2D eigenvalue weighted by Gasteiger charge is 2.23. The van der Waals surface area contributed by atoms with Gasteiger partial charge < -0.3 is 15.1 Å². The molecular formula is C19H18N4O3.